The number of nitrogens with one attached hydrogen (secondary N) is 1. The van der Waals surface area contributed by atoms with Crippen LogP contribution in [-0.2, 0) is 11.3 Å². The molecule has 0 aliphatic carbocycles. The minimum atomic E-state index is -0.201. The zero-order valence-corrected chi connectivity index (χ0v) is 19.9. The number of thioether (sulfide) groups is 1. The quantitative estimate of drug-likeness (QED) is 0.379. The van der Waals surface area contributed by atoms with Crippen LogP contribution in [-0.4, -0.2) is 33.0 Å². The van der Waals surface area contributed by atoms with Gasteiger partial charge < -0.3 is 14.6 Å². The molecule has 0 saturated heterocycles. The second-order valence-corrected chi connectivity index (χ2v) is 8.95. The van der Waals surface area contributed by atoms with Gasteiger partial charge in [-0.25, -0.2) is 0 Å². The highest BCUT2D eigenvalue weighted by Gasteiger charge is 2.15. The fourth-order valence-corrected chi connectivity index (χ4v) is 3.92. The molecule has 0 fully saturated rings. The van der Waals surface area contributed by atoms with Crippen LogP contribution in [0.3, 0.4) is 0 Å². The predicted molar refractivity (Wildman–Crippen MR) is 127 cm³/mol. The summed E-state index contributed by atoms with van der Waals surface area (Å²) in [6.45, 7) is 7.59. The second-order valence-electron chi connectivity index (χ2n) is 7.22. The fraction of sp³-hybridized carbons (Fsp3) is 0.318. The molecule has 0 aliphatic rings. The SMILES string of the molecule is CCn1c(SCC(=O)Nc2cccc(Cl)c2Cl)nnc1-c1ccc(OCC(C)C)cc1. The fourth-order valence-electron chi connectivity index (χ4n) is 2.77. The van der Waals surface area contributed by atoms with Crippen LogP contribution >= 0.6 is 35.0 Å². The van der Waals surface area contributed by atoms with Gasteiger partial charge in [-0.05, 0) is 49.2 Å². The number of amides is 1. The summed E-state index contributed by atoms with van der Waals surface area (Å²) in [5, 5.41) is 12.8. The lowest BCUT2D eigenvalue weighted by atomic mass is 10.2. The van der Waals surface area contributed by atoms with Crippen molar-refractivity contribution in [3.05, 3.63) is 52.5 Å². The Morgan fingerprint density at radius 3 is 2.58 bits per heavy atom. The maximum Gasteiger partial charge on any atom is 0.234 e. The summed E-state index contributed by atoms with van der Waals surface area (Å²) in [5.74, 6) is 2.01. The van der Waals surface area contributed by atoms with Crippen molar-refractivity contribution in [2.24, 2.45) is 5.92 Å². The molecule has 31 heavy (non-hydrogen) atoms. The van der Waals surface area contributed by atoms with Crippen LogP contribution in [0, 0.1) is 5.92 Å². The molecular weight excluding hydrogens is 455 g/mol. The third-order valence-corrected chi connectivity index (χ3v) is 6.07. The van der Waals surface area contributed by atoms with Crippen molar-refractivity contribution in [3.8, 4) is 17.1 Å². The largest absolute Gasteiger partial charge is 0.493 e. The van der Waals surface area contributed by atoms with E-state index in [9.17, 15) is 4.79 Å². The lowest BCUT2D eigenvalue weighted by Gasteiger charge is -2.10. The Labute approximate surface area is 196 Å². The van der Waals surface area contributed by atoms with E-state index in [1.165, 1.54) is 11.8 Å². The number of anilines is 1. The minimum absolute atomic E-state index is 0.170. The normalized spacial score (nSPS) is 11.0. The van der Waals surface area contributed by atoms with Gasteiger partial charge in [-0.2, -0.15) is 0 Å². The van der Waals surface area contributed by atoms with E-state index in [2.05, 4.69) is 29.4 Å². The van der Waals surface area contributed by atoms with Gasteiger partial charge in [0.15, 0.2) is 11.0 Å². The average Bonchev–Trinajstić information content (AvgIpc) is 3.17. The molecule has 0 radical (unpaired) electrons. The van der Waals surface area contributed by atoms with E-state index in [1.807, 2.05) is 35.8 Å². The van der Waals surface area contributed by atoms with Crippen molar-refractivity contribution in [3.63, 3.8) is 0 Å². The van der Waals surface area contributed by atoms with Gasteiger partial charge in [0.1, 0.15) is 5.75 Å². The number of carbonyl (C=O) groups excluding carboxylic acids is 1. The van der Waals surface area contributed by atoms with Gasteiger partial charge >= 0.3 is 0 Å². The molecule has 3 aromatic rings. The maximum atomic E-state index is 12.4. The van der Waals surface area contributed by atoms with E-state index in [0.29, 0.717) is 40.0 Å². The molecule has 0 saturated carbocycles. The molecule has 1 aromatic heterocycles. The van der Waals surface area contributed by atoms with Crippen LogP contribution in [0.5, 0.6) is 5.75 Å². The first-order valence-corrected chi connectivity index (χ1v) is 11.7. The molecule has 6 nitrogen and oxygen atoms in total. The first kappa shape index (κ1) is 23.4. The number of hydrogen-bond acceptors (Lipinski definition) is 5. The summed E-state index contributed by atoms with van der Waals surface area (Å²) in [4.78, 5) is 12.4. The lowest BCUT2D eigenvalue weighted by molar-refractivity contribution is -0.113. The van der Waals surface area contributed by atoms with Crippen LogP contribution in [0.4, 0.5) is 5.69 Å². The molecular formula is C22H24Cl2N4O2S. The molecule has 1 N–H and O–H groups in total. The topological polar surface area (TPSA) is 69.0 Å². The number of hydrogen-bond donors (Lipinski definition) is 1. The zero-order chi connectivity index (χ0) is 22.4. The summed E-state index contributed by atoms with van der Waals surface area (Å²) >= 11 is 13.4. The Morgan fingerprint density at radius 1 is 1.16 bits per heavy atom. The first-order chi connectivity index (χ1) is 14.9. The third kappa shape index (κ3) is 6.15. The van der Waals surface area contributed by atoms with Crippen molar-refractivity contribution in [2.75, 3.05) is 17.7 Å². The van der Waals surface area contributed by atoms with E-state index in [4.69, 9.17) is 27.9 Å². The first-order valence-electron chi connectivity index (χ1n) is 9.92. The Bertz CT molecular complexity index is 1040. The molecule has 1 amide bonds. The van der Waals surface area contributed by atoms with Crippen molar-refractivity contribution < 1.29 is 9.53 Å². The van der Waals surface area contributed by atoms with Crippen LogP contribution in [0.25, 0.3) is 11.4 Å². The minimum Gasteiger partial charge on any atom is -0.493 e. The highest BCUT2D eigenvalue weighted by atomic mass is 35.5. The van der Waals surface area contributed by atoms with E-state index in [0.717, 1.165) is 17.1 Å². The van der Waals surface area contributed by atoms with Crippen molar-refractivity contribution in [1.82, 2.24) is 14.8 Å². The third-order valence-electron chi connectivity index (χ3n) is 4.29. The van der Waals surface area contributed by atoms with Crippen molar-refractivity contribution in [1.29, 1.82) is 0 Å². The number of rotatable bonds is 9. The maximum absolute atomic E-state index is 12.4. The predicted octanol–water partition coefficient (Wildman–Crippen LogP) is 6.04. The highest BCUT2D eigenvalue weighted by Crippen LogP contribution is 2.30. The molecule has 164 valence electrons. The number of benzene rings is 2. The number of halogens is 2. The smallest absolute Gasteiger partial charge is 0.234 e. The summed E-state index contributed by atoms with van der Waals surface area (Å²) < 4.78 is 7.72. The Hall–Kier alpha value is -2.22. The van der Waals surface area contributed by atoms with Crippen LogP contribution in [0.15, 0.2) is 47.6 Å². The lowest BCUT2D eigenvalue weighted by Crippen LogP contribution is -2.15. The molecule has 1 heterocycles. The van der Waals surface area contributed by atoms with E-state index < -0.39 is 0 Å². The average molecular weight is 479 g/mol. The van der Waals surface area contributed by atoms with Gasteiger partial charge in [-0.3, -0.25) is 4.79 Å². The van der Waals surface area contributed by atoms with Crippen LogP contribution < -0.4 is 10.1 Å². The van der Waals surface area contributed by atoms with E-state index >= 15 is 0 Å². The summed E-state index contributed by atoms with van der Waals surface area (Å²) in [6, 6.07) is 12.9. The van der Waals surface area contributed by atoms with Gasteiger partial charge in [0, 0.05) is 12.1 Å². The van der Waals surface area contributed by atoms with Gasteiger partial charge in [0.25, 0.3) is 0 Å². The molecule has 2 aromatic carbocycles. The highest BCUT2D eigenvalue weighted by molar-refractivity contribution is 7.99. The molecule has 0 atom stereocenters. The molecule has 0 aliphatic heterocycles. The van der Waals surface area contributed by atoms with Gasteiger partial charge in [-0.1, -0.05) is 54.9 Å². The number of aromatic nitrogens is 3. The second kappa shape index (κ2) is 10.9. The molecule has 3 rings (SSSR count). The Kier molecular flexibility index (Phi) is 8.23. The van der Waals surface area contributed by atoms with Gasteiger partial charge in [-0.15, -0.1) is 10.2 Å². The summed E-state index contributed by atoms with van der Waals surface area (Å²) in [6.07, 6.45) is 0. The monoisotopic (exact) mass is 478 g/mol. The van der Waals surface area contributed by atoms with Crippen LogP contribution in [0.1, 0.15) is 20.8 Å². The summed E-state index contributed by atoms with van der Waals surface area (Å²) in [7, 11) is 0. The number of ether oxygens (including phenoxy) is 1. The molecule has 9 heteroatoms. The Morgan fingerprint density at radius 2 is 1.90 bits per heavy atom. The van der Waals surface area contributed by atoms with Crippen molar-refractivity contribution in [2.45, 2.75) is 32.5 Å². The van der Waals surface area contributed by atoms with E-state index in [-0.39, 0.29) is 11.7 Å². The van der Waals surface area contributed by atoms with Gasteiger partial charge in [0.05, 0.1) is 28.1 Å². The summed E-state index contributed by atoms with van der Waals surface area (Å²) in [5.41, 5.74) is 1.42. The number of nitrogens with zero attached hydrogens (tertiary/aromatic N) is 3. The zero-order valence-electron chi connectivity index (χ0n) is 17.6. The van der Waals surface area contributed by atoms with Gasteiger partial charge in [0.2, 0.25) is 5.91 Å². The number of carbonyl (C=O) groups is 1. The molecule has 0 spiro atoms. The standard InChI is InChI=1S/C22H24Cl2N4O2S/c1-4-28-21(15-8-10-16(11-9-15)30-12-14(2)3)26-27-22(28)31-13-19(29)25-18-7-5-6-17(23)20(18)24/h5-11,14H,4,12-13H2,1-3H3,(H,25,29). The Balaban J connectivity index is 1.66. The van der Waals surface area contributed by atoms with E-state index in [1.54, 1.807) is 18.2 Å². The van der Waals surface area contributed by atoms with Crippen molar-refractivity contribution >= 4 is 46.6 Å². The molecule has 0 unspecified atom stereocenters. The van der Waals surface area contributed by atoms with Crippen LogP contribution in [0.2, 0.25) is 10.0 Å². The molecule has 0 bridgehead atoms.